The molecule has 0 aliphatic heterocycles. The van der Waals surface area contributed by atoms with Gasteiger partial charge in [0.25, 0.3) is 11.8 Å². The molecule has 4 aromatic rings. The second-order valence-corrected chi connectivity index (χ2v) is 8.07. The topological polar surface area (TPSA) is 128 Å². The van der Waals surface area contributed by atoms with E-state index in [1.807, 2.05) is 0 Å². The average molecular weight is 497 g/mol. The number of nitrogens with one attached hydrogen (secondary N) is 2. The van der Waals surface area contributed by atoms with Gasteiger partial charge in [-0.15, -0.1) is 11.3 Å². The van der Waals surface area contributed by atoms with Gasteiger partial charge in [0, 0.05) is 13.2 Å². The average Bonchev–Trinajstić information content (AvgIpc) is 3.40. The van der Waals surface area contributed by atoms with Crippen LogP contribution in [0.15, 0.2) is 31.1 Å². The molecular weight excluding hydrogens is 485 g/mol. The lowest BCUT2D eigenvalue weighted by Gasteiger charge is -2.10. The molecule has 4 aromatic heterocycles. The van der Waals surface area contributed by atoms with Gasteiger partial charge >= 0.3 is 6.18 Å². The molecule has 0 radical (unpaired) electrons. The van der Waals surface area contributed by atoms with Crippen molar-refractivity contribution in [2.75, 3.05) is 5.32 Å². The van der Waals surface area contributed by atoms with E-state index in [0.29, 0.717) is 22.2 Å². The minimum atomic E-state index is -4.69. The molecule has 4 rings (SSSR count). The smallest absolute Gasteiger partial charge is 0.344 e. The largest absolute Gasteiger partial charge is 0.418 e. The number of pyridine rings is 1. The van der Waals surface area contributed by atoms with E-state index < -0.39 is 28.6 Å². The van der Waals surface area contributed by atoms with E-state index >= 15 is 0 Å². The molecule has 33 heavy (non-hydrogen) atoms. The van der Waals surface area contributed by atoms with Crippen molar-refractivity contribution in [2.45, 2.75) is 12.7 Å². The molecule has 0 saturated carbocycles. The summed E-state index contributed by atoms with van der Waals surface area (Å²) in [5, 5.41) is 4.74. The number of alkyl halides is 3. The first-order valence-corrected chi connectivity index (χ1v) is 10.2. The molecule has 10 nitrogen and oxygen atoms in total. The van der Waals surface area contributed by atoms with Crippen LogP contribution in [0.2, 0.25) is 5.02 Å². The summed E-state index contributed by atoms with van der Waals surface area (Å²) in [6.45, 7) is -0.00244. The predicted molar refractivity (Wildman–Crippen MR) is 112 cm³/mol. The highest BCUT2D eigenvalue weighted by atomic mass is 35.5. The summed E-state index contributed by atoms with van der Waals surface area (Å²) in [6.07, 6.45) is 0.0896. The highest BCUT2D eigenvalue weighted by Crippen LogP contribution is 2.35. The number of nitrogens with zero attached hydrogens (tertiary/aromatic N) is 6. The van der Waals surface area contributed by atoms with Crippen LogP contribution in [0, 0.1) is 0 Å². The van der Waals surface area contributed by atoms with Crippen molar-refractivity contribution >= 4 is 51.7 Å². The number of thiazole rings is 1. The predicted octanol–water partition coefficient (Wildman–Crippen LogP) is 3.07. The van der Waals surface area contributed by atoms with E-state index in [1.165, 1.54) is 18.9 Å². The molecule has 0 aliphatic rings. The Morgan fingerprint density at radius 3 is 2.67 bits per heavy atom. The van der Waals surface area contributed by atoms with Crippen LogP contribution in [0.4, 0.5) is 19.0 Å². The lowest BCUT2D eigenvalue weighted by atomic mass is 10.2. The molecule has 0 atom stereocenters. The van der Waals surface area contributed by atoms with E-state index in [-0.39, 0.29) is 22.9 Å². The number of rotatable bonds is 5. The van der Waals surface area contributed by atoms with Gasteiger partial charge in [-0.1, -0.05) is 11.6 Å². The molecule has 0 fully saturated rings. The van der Waals surface area contributed by atoms with Crippen molar-refractivity contribution in [1.29, 1.82) is 0 Å². The fourth-order valence-electron chi connectivity index (χ4n) is 2.79. The summed E-state index contributed by atoms with van der Waals surface area (Å²) in [4.78, 5) is 44.8. The standard InChI is InChI=1S/C18H12ClF3N8O2S/c1-30-7-28-15-14(30)13(26-6-27-15)17(32)25-5-12-24-4-10(33-12)16(31)29-11-2-8(18(20,21)22)9(19)3-23-11/h2-4,6-7H,5H2,1H3,(H,25,32)(H,23,29,31). The van der Waals surface area contributed by atoms with Gasteiger partial charge in [-0.25, -0.2) is 24.9 Å². The van der Waals surface area contributed by atoms with Crippen molar-refractivity contribution in [3.8, 4) is 0 Å². The van der Waals surface area contributed by atoms with E-state index in [4.69, 9.17) is 11.6 Å². The van der Waals surface area contributed by atoms with Crippen LogP contribution in [0.5, 0.6) is 0 Å². The van der Waals surface area contributed by atoms with E-state index in [9.17, 15) is 22.8 Å². The Kier molecular flexibility index (Phi) is 5.95. The first-order valence-electron chi connectivity index (χ1n) is 9.02. The summed E-state index contributed by atoms with van der Waals surface area (Å²) in [5.74, 6) is -1.51. The second kappa shape index (κ2) is 8.71. The maximum Gasteiger partial charge on any atom is 0.418 e. The monoisotopic (exact) mass is 496 g/mol. The number of halogens is 4. The SMILES string of the molecule is Cn1cnc2ncnc(C(=O)NCc3ncc(C(=O)Nc4cc(C(F)(F)F)c(Cl)cn4)s3)c21. The molecule has 0 aromatic carbocycles. The van der Waals surface area contributed by atoms with Gasteiger partial charge in [-0.2, -0.15) is 13.2 Å². The van der Waals surface area contributed by atoms with Gasteiger partial charge in [0.05, 0.1) is 29.7 Å². The lowest BCUT2D eigenvalue weighted by molar-refractivity contribution is -0.137. The zero-order valence-corrected chi connectivity index (χ0v) is 18.1. The Morgan fingerprint density at radius 2 is 1.91 bits per heavy atom. The van der Waals surface area contributed by atoms with Crippen LogP contribution < -0.4 is 10.6 Å². The van der Waals surface area contributed by atoms with Crippen LogP contribution in [-0.2, 0) is 19.8 Å². The van der Waals surface area contributed by atoms with Gasteiger partial charge in [0.2, 0.25) is 0 Å². The van der Waals surface area contributed by atoms with Crippen molar-refractivity contribution in [2.24, 2.45) is 7.05 Å². The summed E-state index contributed by atoms with van der Waals surface area (Å²) in [5.41, 5.74) is -0.156. The zero-order chi connectivity index (χ0) is 23.8. The molecule has 2 amide bonds. The Labute approximate surface area is 191 Å². The lowest BCUT2D eigenvalue weighted by Crippen LogP contribution is -2.24. The molecular formula is C18H12ClF3N8O2S. The van der Waals surface area contributed by atoms with Gasteiger partial charge in [-0.3, -0.25) is 9.59 Å². The second-order valence-electron chi connectivity index (χ2n) is 6.55. The summed E-state index contributed by atoms with van der Waals surface area (Å²) in [6, 6.07) is 0.642. The number of amides is 2. The fraction of sp³-hybridized carbons (Fsp3) is 0.167. The molecule has 2 N–H and O–H groups in total. The molecule has 0 bridgehead atoms. The van der Waals surface area contributed by atoms with Gasteiger partial charge in [-0.05, 0) is 6.07 Å². The van der Waals surface area contributed by atoms with E-state index in [1.54, 1.807) is 11.6 Å². The Bertz CT molecular complexity index is 1370. The highest BCUT2D eigenvalue weighted by molar-refractivity contribution is 7.13. The Morgan fingerprint density at radius 1 is 1.12 bits per heavy atom. The normalized spacial score (nSPS) is 11.5. The Hall–Kier alpha value is -3.65. The third-order valence-electron chi connectivity index (χ3n) is 4.30. The molecule has 170 valence electrons. The molecule has 0 unspecified atom stereocenters. The first kappa shape index (κ1) is 22.5. The molecule has 0 spiro atoms. The van der Waals surface area contributed by atoms with Crippen LogP contribution in [0.1, 0.15) is 30.7 Å². The van der Waals surface area contributed by atoms with Crippen LogP contribution >= 0.6 is 22.9 Å². The van der Waals surface area contributed by atoms with Crippen LogP contribution in [0.25, 0.3) is 11.2 Å². The maximum absolute atomic E-state index is 13.0. The number of imidazole rings is 1. The summed E-state index contributed by atoms with van der Waals surface area (Å²) < 4.78 is 40.5. The van der Waals surface area contributed by atoms with Crippen molar-refractivity contribution < 1.29 is 22.8 Å². The molecule has 15 heteroatoms. The Balaban J connectivity index is 1.42. The van der Waals surface area contributed by atoms with Crippen LogP contribution in [-0.4, -0.2) is 41.3 Å². The number of hydrogen-bond acceptors (Lipinski definition) is 8. The molecule has 0 aliphatic carbocycles. The third-order valence-corrected chi connectivity index (χ3v) is 5.60. The summed E-state index contributed by atoms with van der Waals surface area (Å²) in [7, 11) is 1.70. The van der Waals surface area contributed by atoms with Gasteiger partial charge in [0.15, 0.2) is 11.3 Å². The first-order chi connectivity index (χ1) is 15.6. The number of carbonyl (C=O) groups is 2. The van der Waals surface area contributed by atoms with E-state index in [0.717, 1.165) is 17.5 Å². The zero-order valence-electron chi connectivity index (χ0n) is 16.5. The quantitative estimate of drug-likeness (QED) is 0.434. The minimum absolute atomic E-state index is 0.00244. The van der Waals surface area contributed by atoms with Crippen molar-refractivity contribution in [1.82, 2.24) is 34.8 Å². The highest BCUT2D eigenvalue weighted by Gasteiger charge is 2.34. The number of fused-ring (bicyclic) bond motifs is 1. The van der Waals surface area contributed by atoms with Crippen LogP contribution in [0.3, 0.4) is 0 Å². The number of aromatic nitrogens is 6. The van der Waals surface area contributed by atoms with Crippen molar-refractivity contribution in [3.05, 3.63) is 57.3 Å². The van der Waals surface area contributed by atoms with Crippen molar-refractivity contribution in [3.63, 3.8) is 0 Å². The van der Waals surface area contributed by atoms with E-state index in [2.05, 4.69) is 35.6 Å². The number of carbonyl (C=O) groups excluding carboxylic acids is 2. The molecule has 4 heterocycles. The molecule has 0 saturated heterocycles. The fourth-order valence-corrected chi connectivity index (χ4v) is 3.76. The minimum Gasteiger partial charge on any atom is -0.344 e. The summed E-state index contributed by atoms with van der Waals surface area (Å²) >= 11 is 6.48. The van der Waals surface area contributed by atoms with Gasteiger partial charge < -0.3 is 15.2 Å². The number of aryl methyl sites for hydroxylation is 1. The number of anilines is 1. The third kappa shape index (κ3) is 4.75. The number of hydrogen-bond donors (Lipinski definition) is 2. The van der Waals surface area contributed by atoms with Gasteiger partial charge in [0.1, 0.15) is 27.5 Å². The maximum atomic E-state index is 13.0.